The highest BCUT2D eigenvalue weighted by Gasteiger charge is 2.65. The van der Waals surface area contributed by atoms with Gasteiger partial charge in [0.15, 0.2) is 5.82 Å². The van der Waals surface area contributed by atoms with Gasteiger partial charge in [0.2, 0.25) is 10.0 Å². The highest BCUT2D eigenvalue weighted by Crippen LogP contribution is 2.64. The van der Waals surface area contributed by atoms with Gasteiger partial charge in [-0.05, 0) is 71.0 Å². The number of hydrogen-bond donors (Lipinski definition) is 4. The molecule has 0 amide bonds. The number of anilines is 1. The number of rotatable bonds is 14. The summed E-state index contributed by atoms with van der Waals surface area (Å²) in [4.78, 5) is 39.7. The zero-order chi connectivity index (χ0) is 33.1. The van der Waals surface area contributed by atoms with Crippen LogP contribution in [0.3, 0.4) is 0 Å². The largest absolute Gasteiger partial charge is 0.480 e. The third-order valence-corrected chi connectivity index (χ3v) is 11.0. The Morgan fingerprint density at radius 1 is 1.13 bits per heavy atom. The van der Waals surface area contributed by atoms with Gasteiger partial charge in [0.1, 0.15) is 11.8 Å². The van der Waals surface area contributed by atoms with Gasteiger partial charge in [-0.2, -0.15) is 0 Å². The molecule has 13 heteroatoms. The predicted molar refractivity (Wildman–Crippen MR) is 172 cm³/mol. The van der Waals surface area contributed by atoms with Gasteiger partial charge in [-0.1, -0.05) is 56.3 Å². The fourth-order valence-corrected chi connectivity index (χ4v) is 8.83. The smallest absolute Gasteiger partial charge is 0.322 e. The third-order valence-electron chi connectivity index (χ3n) is 9.50. The molecule has 2 bridgehead atoms. The van der Waals surface area contributed by atoms with Crippen LogP contribution in [0.1, 0.15) is 44.2 Å². The lowest BCUT2D eigenvalue weighted by Crippen LogP contribution is -2.49. The fraction of sp³-hybridized carbons (Fsp3) is 0.364. The van der Waals surface area contributed by atoms with Gasteiger partial charge in [-0.15, -0.1) is 0 Å². The summed E-state index contributed by atoms with van der Waals surface area (Å²) in [6.07, 6.45) is 5.73. The topological polar surface area (TPSA) is 181 Å². The minimum absolute atomic E-state index is 0.0492. The first-order valence-corrected chi connectivity index (χ1v) is 16.6. The zero-order valence-electron chi connectivity index (χ0n) is 25.6. The second-order valence-corrected chi connectivity index (χ2v) is 14.3. The molecule has 5 rings (SSSR count). The number of Topliss-reactive ketones (excluding diaryl/α,β-unsaturated/α-hetero) is 1. The number of benzene rings is 2. The van der Waals surface area contributed by atoms with E-state index in [9.17, 15) is 33.2 Å². The Bertz CT molecular complexity index is 1760. The Labute approximate surface area is 267 Å². The maximum atomic E-state index is 13.2. The van der Waals surface area contributed by atoms with Crippen LogP contribution in [0, 0.1) is 26.9 Å². The van der Waals surface area contributed by atoms with Crippen molar-refractivity contribution in [2.75, 3.05) is 11.1 Å². The molecule has 242 valence electrons. The molecule has 12 nitrogen and oxygen atoms in total. The van der Waals surface area contributed by atoms with Crippen molar-refractivity contribution in [1.29, 1.82) is 0 Å². The molecule has 0 saturated heterocycles. The number of nitro groups is 1. The number of fused-ring (bicyclic) bond motifs is 2. The molecule has 2 aliphatic rings. The molecule has 0 spiro atoms. The summed E-state index contributed by atoms with van der Waals surface area (Å²) < 4.78 is 28.9. The van der Waals surface area contributed by atoms with Gasteiger partial charge >= 0.3 is 5.97 Å². The lowest BCUT2D eigenvalue weighted by Gasteiger charge is -2.36. The Hall–Kier alpha value is -4.62. The molecular formula is C33H37N5O7S. The molecule has 2 saturated carbocycles. The number of nitrogens with one attached hydrogen (secondary N) is 3. The molecule has 2 aliphatic carbocycles. The zero-order valence-corrected chi connectivity index (χ0v) is 26.4. The average molecular weight is 648 g/mol. The van der Waals surface area contributed by atoms with Crippen LogP contribution >= 0.6 is 0 Å². The van der Waals surface area contributed by atoms with Crippen LogP contribution in [0.5, 0.6) is 0 Å². The maximum absolute atomic E-state index is 13.2. The molecule has 3 aromatic rings. The van der Waals surface area contributed by atoms with Crippen LogP contribution in [0.2, 0.25) is 0 Å². The summed E-state index contributed by atoms with van der Waals surface area (Å²) in [7, 11) is -4.08. The van der Waals surface area contributed by atoms with Crippen LogP contribution in [-0.4, -0.2) is 47.0 Å². The maximum Gasteiger partial charge on any atom is 0.322 e. The van der Waals surface area contributed by atoms with Crippen molar-refractivity contribution < 1.29 is 28.0 Å². The van der Waals surface area contributed by atoms with Crippen LogP contribution < -0.4 is 15.4 Å². The second-order valence-electron chi connectivity index (χ2n) is 12.6. The number of aliphatic carboxylic acids is 1. The molecule has 1 unspecified atom stereocenters. The van der Waals surface area contributed by atoms with Crippen molar-refractivity contribution in [3.63, 3.8) is 0 Å². The van der Waals surface area contributed by atoms with E-state index in [1.165, 1.54) is 0 Å². The van der Waals surface area contributed by atoms with E-state index in [1.807, 2.05) is 32.0 Å². The normalized spacial score (nSPS) is 21.1. The Morgan fingerprint density at radius 2 is 1.89 bits per heavy atom. The second kappa shape index (κ2) is 13.0. The van der Waals surface area contributed by atoms with E-state index in [0.29, 0.717) is 30.6 Å². The van der Waals surface area contributed by atoms with Crippen molar-refractivity contribution in [1.82, 2.24) is 15.0 Å². The van der Waals surface area contributed by atoms with Crippen molar-refractivity contribution >= 4 is 27.5 Å². The number of pyridine rings is 1. The highest BCUT2D eigenvalue weighted by molar-refractivity contribution is 7.89. The fourth-order valence-electron chi connectivity index (χ4n) is 6.80. The summed E-state index contributed by atoms with van der Waals surface area (Å²) in [5, 5.41) is 27.2. The number of hydrogen-bond acceptors (Lipinski definition) is 9. The number of aromatic nitrogens is 1. The molecule has 0 radical (unpaired) electrons. The lowest BCUT2D eigenvalue weighted by molar-refractivity contribution is -0.403. The summed E-state index contributed by atoms with van der Waals surface area (Å²) in [6, 6.07) is 16.6. The first kappa shape index (κ1) is 32.8. The van der Waals surface area contributed by atoms with Crippen molar-refractivity contribution in [2.45, 2.75) is 52.1 Å². The number of carbonyl (C=O) groups is 2. The van der Waals surface area contributed by atoms with Crippen LogP contribution in [0.25, 0.3) is 11.1 Å². The number of nitrogens with zero attached hydrogens (tertiary/aromatic N) is 2. The monoisotopic (exact) mass is 647 g/mol. The first-order chi connectivity index (χ1) is 21.8. The lowest BCUT2D eigenvalue weighted by atomic mass is 9.70. The highest BCUT2D eigenvalue weighted by atomic mass is 32.2. The van der Waals surface area contributed by atoms with E-state index < -0.39 is 43.5 Å². The van der Waals surface area contributed by atoms with E-state index in [2.05, 4.69) is 20.3 Å². The average Bonchev–Trinajstić information content (AvgIpc) is 3.34. The van der Waals surface area contributed by atoms with Crippen molar-refractivity contribution in [2.24, 2.45) is 16.7 Å². The van der Waals surface area contributed by atoms with E-state index >= 15 is 0 Å². The molecule has 3 atom stereocenters. The van der Waals surface area contributed by atoms with E-state index in [1.54, 1.807) is 54.9 Å². The van der Waals surface area contributed by atoms with E-state index in [-0.39, 0.29) is 23.9 Å². The number of sulfonamides is 1. The van der Waals surface area contributed by atoms with Gasteiger partial charge < -0.3 is 15.7 Å². The van der Waals surface area contributed by atoms with Crippen molar-refractivity contribution in [3.8, 4) is 11.1 Å². The van der Waals surface area contributed by atoms with Gasteiger partial charge in [-0.25, -0.2) is 13.1 Å². The summed E-state index contributed by atoms with van der Waals surface area (Å²) in [5.74, 6) is -1.42. The van der Waals surface area contributed by atoms with Crippen LogP contribution in [0.4, 0.5) is 5.69 Å². The van der Waals surface area contributed by atoms with Gasteiger partial charge in [-0.3, -0.25) is 24.7 Å². The minimum Gasteiger partial charge on any atom is -0.480 e. The molecule has 1 heterocycles. The molecule has 46 heavy (non-hydrogen) atoms. The van der Waals surface area contributed by atoms with Crippen LogP contribution in [-0.2, 0) is 32.6 Å². The Morgan fingerprint density at radius 3 is 2.50 bits per heavy atom. The van der Waals surface area contributed by atoms with Crippen LogP contribution in [0.15, 0.2) is 85.1 Å². The molecular weight excluding hydrogens is 610 g/mol. The molecule has 2 fully saturated rings. The number of carboxylic acid groups (broad SMARTS) is 1. The van der Waals surface area contributed by atoms with Gasteiger partial charge in [0, 0.05) is 36.5 Å². The molecule has 4 N–H and O–H groups in total. The van der Waals surface area contributed by atoms with E-state index in [0.717, 1.165) is 29.3 Å². The predicted octanol–water partition coefficient (Wildman–Crippen LogP) is 4.34. The Balaban J connectivity index is 1.25. The third kappa shape index (κ3) is 7.10. The minimum atomic E-state index is -4.08. The SMILES string of the molecule is CC1(C)[C@H]2CCC1(CS(=O)(=O)N[C@@H](Cc1ccc(-c3cccc(N/C(=C/[N+](=O)[O-])NCc4cccnc4)c3)cc1)C(=O)O)C(=O)C2. The summed E-state index contributed by atoms with van der Waals surface area (Å²) >= 11 is 0. The standard InChI is InChI=1S/C33H37N5O7S/c1-32(2)26-12-13-33(32,29(39)17-26)21-46(44,45)37-28(31(40)41)15-22-8-10-24(11-9-22)25-6-3-7-27(16-25)36-30(20-38(42)43)35-19-23-5-4-14-34-18-23/h3-11,14,16,18,20,26,28,35-37H,12-13,15,17,19,21H2,1-2H3,(H,40,41)/b30-20+/t26-,28-,33?/m0/s1. The van der Waals surface area contributed by atoms with Crippen molar-refractivity contribution in [3.05, 3.63) is 106 Å². The summed E-state index contributed by atoms with van der Waals surface area (Å²) in [6.45, 7) is 4.21. The van der Waals surface area contributed by atoms with E-state index in [4.69, 9.17) is 0 Å². The quantitative estimate of drug-likeness (QED) is 0.145. The van der Waals surface area contributed by atoms with Gasteiger partial charge in [0.05, 0.1) is 10.7 Å². The number of carboxylic acids is 1. The first-order valence-electron chi connectivity index (χ1n) is 15.0. The number of ketones is 1. The molecule has 0 aliphatic heterocycles. The summed E-state index contributed by atoms with van der Waals surface area (Å²) in [5.41, 5.74) is 2.22. The molecule has 2 aromatic carbocycles. The molecule has 1 aromatic heterocycles. The van der Waals surface area contributed by atoms with Gasteiger partial charge in [0.25, 0.3) is 6.20 Å². The Kier molecular flexibility index (Phi) is 9.27. The number of carbonyl (C=O) groups excluding carboxylic acids is 1.